The SMILES string of the molecule is Nc1noc(-c2ccoc2Br)c1-c1ccc(Cl)cc1Cl. The molecule has 102 valence electrons. The van der Waals surface area contributed by atoms with Gasteiger partial charge in [0.05, 0.1) is 22.4 Å². The molecular formula is C13H7BrCl2N2O2. The van der Waals surface area contributed by atoms with Gasteiger partial charge < -0.3 is 14.7 Å². The summed E-state index contributed by atoms with van der Waals surface area (Å²) in [6.45, 7) is 0. The average Bonchev–Trinajstić information content (AvgIpc) is 2.96. The van der Waals surface area contributed by atoms with E-state index >= 15 is 0 Å². The van der Waals surface area contributed by atoms with Crippen LogP contribution in [-0.4, -0.2) is 5.16 Å². The van der Waals surface area contributed by atoms with Gasteiger partial charge in [-0.3, -0.25) is 0 Å². The summed E-state index contributed by atoms with van der Waals surface area (Å²) in [5.41, 5.74) is 7.90. The van der Waals surface area contributed by atoms with Crippen molar-refractivity contribution in [1.29, 1.82) is 0 Å². The molecule has 2 N–H and O–H groups in total. The van der Waals surface area contributed by atoms with Crippen LogP contribution in [0, 0.1) is 0 Å². The van der Waals surface area contributed by atoms with Crippen molar-refractivity contribution < 1.29 is 8.94 Å². The van der Waals surface area contributed by atoms with Gasteiger partial charge in [0, 0.05) is 10.6 Å². The first-order chi connectivity index (χ1) is 9.58. The first-order valence-electron chi connectivity index (χ1n) is 5.52. The predicted octanol–water partition coefficient (Wildman–Crippen LogP) is 5.25. The molecule has 0 fully saturated rings. The second-order valence-electron chi connectivity index (χ2n) is 4.00. The fraction of sp³-hybridized carbons (Fsp3) is 0. The topological polar surface area (TPSA) is 65.2 Å². The van der Waals surface area contributed by atoms with E-state index in [9.17, 15) is 0 Å². The summed E-state index contributed by atoms with van der Waals surface area (Å²) in [6, 6.07) is 6.88. The van der Waals surface area contributed by atoms with Gasteiger partial charge in [0.25, 0.3) is 0 Å². The number of benzene rings is 1. The third kappa shape index (κ3) is 2.22. The number of nitrogens with zero attached hydrogens (tertiary/aromatic N) is 1. The Balaban J connectivity index is 2.24. The van der Waals surface area contributed by atoms with Crippen molar-refractivity contribution in [1.82, 2.24) is 5.16 Å². The number of nitrogens with two attached hydrogens (primary N) is 1. The molecule has 0 unspecified atom stereocenters. The van der Waals surface area contributed by atoms with E-state index in [-0.39, 0.29) is 5.82 Å². The fourth-order valence-corrected chi connectivity index (χ4v) is 2.82. The maximum absolute atomic E-state index is 6.22. The van der Waals surface area contributed by atoms with Gasteiger partial charge in [-0.2, -0.15) is 0 Å². The van der Waals surface area contributed by atoms with Crippen LogP contribution in [0.4, 0.5) is 5.82 Å². The van der Waals surface area contributed by atoms with Crippen LogP contribution in [-0.2, 0) is 0 Å². The molecule has 3 rings (SSSR count). The number of halogens is 3. The van der Waals surface area contributed by atoms with E-state index in [0.717, 1.165) is 0 Å². The van der Waals surface area contributed by atoms with Crippen molar-refractivity contribution in [3.8, 4) is 22.5 Å². The molecule has 0 spiro atoms. The highest BCUT2D eigenvalue weighted by atomic mass is 79.9. The molecule has 0 aliphatic carbocycles. The molecule has 2 aromatic heterocycles. The zero-order chi connectivity index (χ0) is 14.3. The number of aromatic nitrogens is 1. The minimum Gasteiger partial charge on any atom is -0.457 e. The molecule has 0 saturated carbocycles. The summed E-state index contributed by atoms with van der Waals surface area (Å²) in [7, 11) is 0. The van der Waals surface area contributed by atoms with Gasteiger partial charge in [-0.1, -0.05) is 34.4 Å². The molecule has 0 atom stereocenters. The Hall–Kier alpha value is -1.43. The third-order valence-corrected chi connectivity index (χ3v) is 3.94. The molecule has 0 amide bonds. The van der Waals surface area contributed by atoms with Gasteiger partial charge in [-0.05, 0) is 34.1 Å². The quantitative estimate of drug-likeness (QED) is 0.665. The number of furan rings is 1. The van der Waals surface area contributed by atoms with Crippen LogP contribution < -0.4 is 5.73 Å². The normalized spacial score (nSPS) is 10.9. The van der Waals surface area contributed by atoms with Crippen molar-refractivity contribution in [3.05, 3.63) is 45.2 Å². The molecule has 0 radical (unpaired) electrons. The van der Waals surface area contributed by atoms with E-state index in [2.05, 4.69) is 21.1 Å². The van der Waals surface area contributed by atoms with Crippen molar-refractivity contribution in [3.63, 3.8) is 0 Å². The Labute approximate surface area is 132 Å². The van der Waals surface area contributed by atoms with Crippen LogP contribution in [0.3, 0.4) is 0 Å². The van der Waals surface area contributed by atoms with Gasteiger partial charge in [-0.25, -0.2) is 0 Å². The Morgan fingerprint density at radius 3 is 2.60 bits per heavy atom. The van der Waals surface area contributed by atoms with Gasteiger partial charge in [0.1, 0.15) is 0 Å². The molecule has 0 bridgehead atoms. The van der Waals surface area contributed by atoms with Crippen LogP contribution in [0.25, 0.3) is 22.5 Å². The lowest BCUT2D eigenvalue weighted by Crippen LogP contribution is -1.89. The Morgan fingerprint density at radius 2 is 1.95 bits per heavy atom. The van der Waals surface area contributed by atoms with Crippen LogP contribution in [0.1, 0.15) is 0 Å². The van der Waals surface area contributed by atoms with E-state index in [1.807, 2.05) is 0 Å². The predicted molar refractivity (Wildman–Crippen MR) is 81.8 cm³/mol. The maximum atomic E-state index is 6.22. The Bertz CT molecular complexity index is 783. The monoisotopic (exact) mass is 372 g/mol. The molecule has 3 aromatic rings. The molecule has 2 heterocycles. The summed E-state index contributed by atoms with van der Waals surface area (Å²) in [4.78, 5) is 0. The second kappa shape index (κ2) is 5.16. The molecule has 4 nitrogen and oxygen atoms in total. The van der Waals surface area contributed by atoms with Gasteiger partial charge in [0.15, 0.2) is 16.2 Å². The van der Waals surface area contributed by atoms with Crippen LogP contribution in [0.5, 0.6) is 0 Å². The van der Waals surface area contributed by atoms with E-state index in [1.165, 1.54) is 6.26 Å². The second-order valence-corrected chi connectivity index (χ2v) is 5.57. The highest BCUT2D eigenvalue weighted by Gasteiger charge is 2.22. The smallest absolute Gasteiger partial charge is 0.181 e. The van der Waals surface area contributed by atoms with Gasteiger partial charge >= 0.3 is 0 Å². The number of nitrogen functional groups attached to an aromatic ring is 1. The van der Waals surface area contributed by atoms with E-state index in [1.54, 1.807) is 24.3 Å². The number of rotatable bonds is 2. The van der Waals surface area contributed by atoms with E-state index in [0.29, 0.717) is 37.2 Å². The maximum Gasteiger partial charge on any atom is 0.181 e. The highest BCUT2D eigenvalue weighted by Crippen LogP contribution is 2.42. The van der Waals surface area contributed by atoms with Crippen LogP contribution >= 0.6 is 39.1 Å². The standard InChI is InChI=1S/C13H7BrCl2N2O2/c14-12-8(3-4-19-12)11-10(13(17)18-20-11)7-2-1-6(15)5-9(7)16/h1-5H,(H2,17,18). The van der Waals surface area contributed by atoms with E-state index in [4.69, 9.17) is 37.9 Å². The zero-order valence-electron chi connectivity index (χ0n) is 9.86. The number of hydrogen-bond donors (Lipinski definition) is 1. The highest BCUT2D eigenvalue weighted by molar-refractivity contribution is 9.10. The summed E-state index contributed by atoms with van der Waals surface area (Å²) >= 11 is 15.4. The van der Waals surface area contributed by atoms with Gasteiger partial charge in [0.2, 0.25) is 0 Å². The Kier molecular flexibility index (Phi) is 3.50. The Morgan fingerprint density at radius 1 is 1.15 bits per heavy atom. The third-order valence-electron chi connectivity index (χ3n) is 2.78. The number of hydrogen-bond acceptors (Lipinski definition) is 4. The first-order valence-corrected chi connectivity index (χ1v) is 7.06. The van der Waals surface area contributed by atoms with Crippen molar-refractivity contribution in [2.24, 2.45) is 0 Å². The number of anilines is 1. The average molecular weight is 374 g/mol. The minimum absolute atomic E-state index is 0.248. The largest absolute Gasteiger partial charge is 0.457 e. The van der Waals surface area contributed by atoms with E-state index < -0.39 is 0 Å². The molecule has 20 heavy (non-hydrogen) atoms. The molecule has 0 aliphatic heterocycles. The molecular weight excluding hydrogens is 367 g/mol. The van der Waals surface area contributed by atoms with Crippen molar-refractivity contribution in [2.45, 2.75) is 0 Å². The summed E-state index contributed by atoms with van der Waals surface area (Å²) in [6.07, 6.45) is 1.53. The molecule has 0 saturated heterocycles. The lowest BCUT2D eigenvalue weighted by atomic mass is 10.0. The van der Waals surface area contributed by atoms with Crippen LogP contribution in [0.15, 0.2) is 44.1 Å². The molecule has 0 aliphatic rings. The van der Waals surface area contributed by atoms with Crippen molar-refractivity contribution in [2.75, 3.05) is 5.73 Å². The summed E-state index contributed by atoms with van der Waals surface area (Å²) in [5, 5.41) is 4.81. The van der Waals surface area contributed by atoms with Crippen molar-refractivity contribution >= 4 is 44.9 Å². The minimum atomic E-state index is 0.248. The summed E-state index contributed by atoms with van der Waals surface area (Å²) < 4.78 is 11.0. The lowest BCUT2D eigenvalue weighted by Gasteiger charge is -2.05. The molecule has 1 aromatic carbocycles. The van der Waals surface area contributed by atoms with Gasteiger partial charge in [-0.15, -0.1) is 0 Å². The first kappa shape index (κ1) is 13.5. The fourth-order valence-electron chi connectivity index (χ4n) is 1.89. The zero-order valence-corrected chi connectivity index (χ0v) is 13.0. The lowest BCUT2D eigenvalue weighted by molar-refractivity contribution is 0.434. The molecule has 7 heteroatoms. The summed E-state index contributed by atoms with van der Waals surface area (Å²) in [5.74, 6) is 0.727. The van der Waals surface area contributed by atoms with Crippen LogP contribution in [0.2, 0.25) is 10.0 Å².